The average Bonchev–Trinajstić information content (AvgIpc) is 3.36. The largest absolute Gasteiger partial charge is 0.492 e. The first-order valence-electron chi connectivity index (χ1n) is 9.21. The van der Waals surface area contributed by atoms with Crippen molar-refractivity contribution in [3.8, 4) is 17.2 Å². The molecule has 2 atom stereocenters. The van der Waals surface area contributed by atoms with Gasteiger partial charge in [0.25, 0.3) is 0 Å². The van der Waals surface area contributed by atoms with Crippen LogP contribution in [-0.4, -0.2) is 69.2 Å². The highest BCUT2D eigenvalue weighted by molar-refractivity contribution is 7.91. The third-order valence-corrected chi connectivity index (χ3v) is 6.94. The second-order valence-electron chi connectivity index (χ2n) is 7.16. The molecule has 0 bridgehead atoms. The Morgan fingerprint density at radius 1 is 1.29 bits per heavy atom. The molecule has 28 heavy (non-hydrogen) atoms. The van der Waals surface area contributed by atoms with E-state index in [4.69, 9.17) is 14.2 Å². The van der Waals surface area contributed by atoms with E-state index in [1.165, 1.54) is 0 Å². The normalized spacial score (nSPS) is 25.1. The number of carbonyl (C=O) groups is 2. The molecule has 4 rings (SSSR count). The lowest BCUT2D eigenvalue weighted by Gasteiger charge is -2.22. The molecule has 1 N–H and O–H groups in total. The number of fused-ring (bicyclic) bond motifs is 1. The van der Waals surface area contributed by atoms with E-state index in [-0.39, 0.29) is 55.7 Å². The molecule has 1 aromatic rings. The molecule has 0 aliphatic carbocycles. The molecule has 1 aromatic carbocycles. The van der Waals surface area contributed by atoms with Crippen LogP contribution in [0.4, 0.5) is 0 Å². The van der Waals surface area contributed by atoms with Crippen LogP contribution in [0, 0.1) is 5.92 Å². The fourth-order valence-electron chi connectivity index (χ4n) is 3.74. The minimum absolute atomic E-state index is 0.00352. The van der Waals surface area contributed by atoms with Gasteiger partial charge in [-0.05, 0) is 18.6 Å². The van der Waals surface area contributed by atoms with Gasteiger partial charge in [-0.15, -0.1) is 0 Å². The van der Waals surface area contributed by atoms with Crippen molar-refractivity contribution >= 4 is 21.7 Å². The maximum absolute atomic E-state index is 12.3. The van der Waals surface area contributed by atoms with Crippen LogP contribution < -0.4 is 19.5 Å². The molecule has 0 saturated carbocycles. The summed E-state index contributed by atoms with van der Waals surface area (Å²) in [6, 6.07) is 4.95. The standard InChI is InChI=1S/C18H22N2O7S/c21-17-7-12(9-20(17)13-3-6-28(23,24)10-13)18(22)19-4-5-25-14-1-2-15-16(8-14)27-11-26-15/h1-2,8,12-13H,3-7,9-11H2,(H,19,22)/t12-,13+/m1/s1. The van der Waals surface area contributed by atoms with Gasteiger partial charge >= 0.3 is 0 Å². The van der Waals surface area contributed by atoms with E-state index in [9.17, 15) is 18.0 Å². The van der Waals surface area contributed by atoms with Crippen LogP contribution in [0.3, 0.4) is 0 Å². The Morgan fingerprint density at radius 3 is 2.89 bits per heavy atom. The molecule has 0 unspecified atom stereocenters. The van der Waals surface area contributed by atoms with Gasteiger partial charge in [-0.3, -0.25) is 9.59 Å². The lowest BCUT2D eigenvalue weighted by atomic mass is 10.1. The smallest absolute Gasteiger partial charge is 0.231 e. The molecule has 2 amide bonds. The SMILES string of the molecule is O=C(NCCOc1ccc2c(c1)OCO2)[C@@H]1CC(=O)N([C@H]2CCS(=O)(=O)C2)C1. The molecular weight excluding hydrogens is 388 g/mol. The molecular formula is C18H22N2O7S. The summed E-state index contributed by atoms with van der Waals surface area (Å²) in [5.74, 6) is 1.19. The van der Waals surface area contributed by atoms with Crippen molar-refractivity contribution in [3.63, 3.8) is 0 Å². The summed E-state index contributed by atoms with van der Waals surface area (Å²) < 4.78 is 39.4. The minimum atomic E-state index is -3.07. The van der Waals surface area contributed by atoms with Gasteiger partial charge in [-0.2, -0.15) is 0 Å². The highest BCUT2D eigenvalue weighted by atomic mass is 32.2. The number of sulfone groups is 1. The maximum atomic E-state index is 12.3. The zero-order chi connectivity index (χ0) is 19.7. The molecule has 3 heterocycles. The summed E-state index contributed by atoms with van der Waals surface area (Å²) in [6.07, 6.45) is 0.567. The highest BCUT2D eigenvalue weighted by Crippen LogP contribution is 2.35. The van der Waals surface area contributed by atoms with E-state index in [0.29, 0.717) is 30.2 Å². The zero-order valence-corrected chi connectivity index (χ0v) is 16.1. The van der Waals surface area contributed by atoms with Gasteiger partial charge in [-0.25, -0.2) is 8.42 Å². The van der Waals surface area contributed by atoms with E-state index < -0.39 is 15.8 Å². The van der Waals surface area contributed by atoms with Crippen LogP contribution >= 0.6 is 0 Å². The van der Waals surface area contributed by atoms with Crippen molar-refractivity contribution in [1.29, 1.82) is 0 Å². The van der Waals surface area contributed by atoms with Gasteiger partial charge in [-0.1, -0.05) is 0 Å². The Morgan fingerprint density at radius 2 is 2.11 bits per heavy atom. The van der Waals surface area contributed by atoms with Gasteiger partial charge in [0.15, 0.2) is 21.3 Å². The fraction of sp³-hybridized carbons (Fsp3) is 0.556. The molecule has 9 nitrogen and oxygen atoms in total. The summed E-state index contributed by atoms with van der Waals surface area (Å²) in [5.41, 5.74) is 0. The molecule has 10 heteroatoms. The Kier molecular flexibility index (Phi) is 5.05. The van der Waals surface area contributed by atoms with Gasteiger partial charge < -0.3 is 24.4 Å². The van der Waals surface area contributed by atoms with Gasteiger partial charge in [0.05, 0.1) is 24.0 Å². The third kappa shape index (κ3) is 4.01. The number of likely N-dealkylation sites (tertiary alicyclic amines) is 1. The lowest BCUT2D eigenvalue weighted by Crippen LogP contribution is -2.39. The number of ether oxygens (including phenoxy) is 3. The molecule has 2 saturated heterocycles. The predicted molar refractivity (Wildman–Crippen MR) is 97.9 cm³/mol. The maximum Gasteiger partial charge on any atom is 0.231 e. The van der Waals surface area contributed by atoms with Crippen molar-refractivity contribution in [3.05, 3.63) is 18.2 Å². The number of amides is 2. The van der Waals surface area contributed by atoms with Crippen LogP contribution in [-0.2, 0) is 19.4 Å². The second-order valence-corrected chi connectivity index (χ2v) is 9.39. The van der Waals surface area contributed by atoms with Crippen molar-refractivity contribution in [2.24, 2.45) is 5.92 Å². The molecule has 3 aliphatic heterocycles. The van der Waals surface area contributed by atoms with Crippen LogP contribution in [0.5, 0.6) is 17.2 Å². The van der Waals surface area contributed by atoms with Crippen molar-refractivity contribution in [2.75, 3.05) is 38.0 Å². The summed E-state index contributed by atoms with van der Waals surface area (Å²) in [7, 11) is -3.07. The molecule has 0 spiro atoms. The Balaban J connectivity index is 1.22. The summed E-state index contributed by atoms with van der Waals surface area (Å²) in [6.45, 7) is 1.04. The Labute approximate surface area is 162 Å². The predicted octanol–water partition coefficient (Wildman–Crippen LogP) is -0.0541. The van der Waals surface area contributed by atoms with E-state index in [1.54, 1.807) is 23.1 Å². The van der Waals surface area contributed by atoms with Crippen LogP contribution in [0.25, 0.3) is 0 Å². The highest BCUT2D eigenvalue weighted by Gasteiger charge is 2.41. The number of carbonyl (C=O) groups excluding carboxylic acids is 2. The first kappa shape index (κ1) is 18.9. The number of nitrogens with one attached hydrogen (secondary N) is 1. The number of nitrogens with zero attached hydrogens (tertiary/aromatic N) is 1. The van der Waals surface area contributed by atoms with Crippen molar-refractivity contribution in [2.45, 2.75) is 18.9 Å². The number of rotatable bonds is 6. The zero-order valence-electron chi connectivity index (χ0n) is 15.3. The first-order chi connectivity index (χ1) is 13.4. The van der Waals surface area contributed by atoms with Crippen LogP contribution in [0.2, 0.25) is 0 Å². The Hall–Kier alpha value is -2.49. The fourth-order valence-corrected chi connectivity index (χ4v) is 5.47. The number of benzene rings is 1. The summed E-state index contributed by atoms with van der Waals surface area (Å²) in [5, 5.41) is 2.78. The van der Waals surface area contributed by atoms with Gasteiger partial charge in [0.2, 0.25) is 18.6 Å². The molecule has 0 aromatic heterocycles. The van der Waals surface area contributed by atoms with Crippen LogP contribution in [0.15, 0.2) is 18.2 Å². The molecule has 3 aliphatic rings. The first-order valence-corrected chi connectivity index (χ1v) is 11.0. The second kappa shape index (κ2) is 7.50. The Bertz CT molecular complexity index is 886. The van der Waals surface area contributed by atoms with E-state index in [0.717, 1.165) is 0 Å². The molecule has 2 fully saturated rings. The van der Waals surface area contributed by atoms with E-state index in [2.05, 4.69) is 5.32 Å². The van der Waals surface area contributed by atoms with Crippen molar-refractivity contribution in [1.82, 2.24) is 10.2 Å². The lowest BCUT2D eigenvalue weighted by molar-refractivity contribution is -0.130. The van der Waals surface area contributed by atoms with Crippen molar-refractivity contribution < 1.29 is 32.2 Å². The monoisotopic (exact) mass is 410 g/mol. The van der Waals surface area contributed by atoms with E-state index >= 15 is 0 Å². The van der Waals surface area contributed by atoms with Crippen LogP contribution in [0.1, 0.15) is 12.8 Å². The number of hydrogen-bond donors (Lipinski definition) is 1. The molecule has 0 radical (unpaired) electrons. The van der Waals surface area contributed by atoms with E-state index in [1.807, 2.05) is 0 Å². The molecule has 152 valence electrons. The quantitative estimate of drug-likeness (QED) is 0.655. The van der Waals surface area contributed by atoms with Gasteiger partial charge in [0, 0.05) is 25.1 Å². The average molecular weight is 410 g/mol. The topological polar surface area (TPSA) is 111 Å². The minimum Gasteiger partial charge on any atom is -0.492 e. The summed E-state index contributed by atoms with van der Waals surface area (Å²) in [4.78, 5) is 26.1. The third-order valence-electron chi connectivity index (χ3n) is 5.19. The number of hydrogen-bond acceptors (Lipinski definition) is 7. The van der Waals surface area contributed by atoms with Gasteiger partial charge in [0.1, 0.15) is 12.4 Å². The summed E-state index contributed by atoms with van der Waals surface area (Å²) >= 11 is 0.